The monoisotopic (exact) mass is 1730 g/mol. The number of furan rings is 1. The molecule has 0 aliphatic rings. The number of amides is 5. The first-order valence-electron chi connectivity index (χ1n) is 39.7. The van der Waals surface area contributed by atoms with Gasteiger partial charge in [0.05, 0.1) is 57.6 Å². The number of hydrogen-bond acceptors (Lipinski definition) is 16. The molecule has 15 rings (SSSR count). The number of benzene rings is 10. The fraction of sp³-hybridized carbons (Fsp3) is 0.131. The summed E-state index contributed by atoms with van der Waals surface area (Å²) in [7, 11) is 0. The molecule has 23 nitrogen and oxygen atoms in total. The maximum absolute atomic E-state index is 12.5. The fourth-order valence-corrected chi connectivity index (χ4v) is 13.5. The molecule has 0 radical (unpaired) electrons. The van der Waals surface area contributed by atoms with Crippen molar-refractivity contribution >= 4 is 85.4 Å². The third-order valence-electron chi connectivity index (χ3n) is 19.4. The van der Waals surface area contributed by atoms with Crippen LogP contribution in [0.3, 0.4) is 0 Å². The van der Waals surface area contributed by atoms with Crippen molar-refractivity contribution in [1.29, 1.82) is 27.0 Å². The minimum absolute atomic E-state index is 0.0607. The number of rotatable bonds is 26. The lowest BCUT2D eigenvalue weighted by molar-refractivity contribution is 0.0938. The predicted molar refractivity (Wildman–Crippen MR) is 494 cm³/mol. The Morgan fingerprint density at radius 1 is 0.387 bits per heavy atom. The topological polar surface area (TPSA) is 344 Å². The van der Waals surface area contributed by atoms with Crippen molar-refractivity contribution < 1.29 is 28.4 Å². The van der Waals surface area contributed by atoms with E-state index in [9.17, 15) is 24.0 Å². The lowest BCUT2D eigenvalue weighted by atomic mass is 10.1. The summed E-state index contributed by atoms with van der Waals surface area (Å²) in [4.78, 5) is 63.5. The second-order valence-corrected chi connectivity index (χ2v) is 30.8. The van der Waals surface area contributed by atoms with Crippen molar-refractivity contribution in [2.75, 3.05) is 0 Å². The molecular weight excluding hydrogens is 1640 g/mol. The average Bonchev–Trinajstić information content (AvgIpc) is 1.67. The molecule has 0 aliphatic carbocycles. The van der Waals surface area contributed by atoms with Crippen LogP contribution in [0.2, 0.25) is 0 Å². The zero-order valence-corrected chi connectivity index (χ0v) is 72.0. The molecule has 5 heterocycles. The van der Waals surface area contributed by atoms with Crippen LogP contribution in [0, 0.1) is 40.9 Å². The molecule has 624 valence electrons. The van der Waals surface area contributed by atoms with Gasteiger partial charge in [-0.3, -0.25) is 28.7 Å². The average molecular weight is 1730 g/mol. The van der Waals surface area contributed by atoms with Gasteiger partial charge in [0.2, 0.25) is 0 Å². The van der Waals surface area contributed by atoms with Crippen molar-refractivity contribution in [1.82, 2.24) is 61.1 Å². The molecule has 5 amide bonds. The van der Waals surface area contributed by atoms with Crippen LogP contribution in [0.1, 0.15) is 159 Å². The summed E-state index contributed by atoms with van der Waals surface area (Å²) in [5.41, 5.74) is 19.6. The second-order valence-electron chi connectivity index (χ2n) is 28.8. The molecule has 0 bridgehead atoms. The van der Waals surface area contributed by atoms with Crippen LogP contribution < -0.4 is 26.6 Å². The third kappa shape index (κ3) is 26.2. The van der Waals surface area contributed by atoms with Gasteiger partial charge >= 0.3 is 0 Å². The molecule has 25 heteroatoms. The van der Waals surface area contributed by atoms with Gasteiger partial charge in [0.1, 0.15) is 11.5 Å². The molecule has 0 fully saturated rings. The molecule has 0 spiro atoms. The van der Waals surface area contributed by atoms with E-state index >= 15 is 0 Å². The third-order valence-corrected chi connectivity index (χ3v) is 21.1. The van der Waals surface area contributed by atoms with Crippen molar-refractivity contribution in [3.05, 3.63) is 414 Å². The standard InChI is InChI=1S/C21H20N2O2.C20H20N4O.C20H18N2OS.C19H18BrN5O.C19H18N4O/c1-14(22)17-10-8-16(9-11-17)13-23-21(24)19-12-20(25-15(19)2)18-6-4-3-5-7-18;1-15(21)18-9-7-16(8-10-18)11-22-20(25)19-12-23-24(14-19)13-17-5-3-2-4-6-17;1-14(21)16-9-7-15(8-10-16)13-22-20(23)19-12-11-18(24-19)17-5-3-2-4-6-17;1-12(21)15-5-3-14(4-6-15)11-22-19(26)18-13(2)25(24-23-18)17-9-7-16(20)8-10-17;1-14(20)16-9-7-15(8-10-16)11-21-19(24)17-12-22-23(13-17)18-5-3-2-4-6-18/h3-12,22H,13H2,1-2H3,(H,23,24);2-10,12,14,21H,11,13H2,1H3,(H,22,25);2-12,21H,13H2,1H3,(H,22,23);3-10,21H,11H2,1-2H3,(H,22,26);2-10,12-13,20H,11H2,1H3,(H,21,24). The highest BCUT2D eigenvalue weighted by Crippen LogP contribution is 2.29. The Morgan fingerprint density at radius 2 is 0.774 bits per heavy atom. The highest BCUT2D eigenvalue weighted by Gasteiger charge is 2.20. The largest absolute Gasteiger partial charge is 0.461 e. The number of para-hydroxylation sites is 1. The predicted octanol–water partition coefficient (Wildman–Crippen LogP) is 19.4. The number of nitrogens with one attached hydrogen (secondary N) is 10. The number of aryl methyl sites for hydroxylation is 1. The molecule has 10 N–H and O–H groups in total. The van der Waals surface area contributed by atoms with Crippen molar-refractivity contribution in [2.24, 2.45) is 0 Å². The molecule has 124 heavy (non-hydrogen) atoms. The molecular formula is C99H94BrN17O6S. The highest BCUT2D eigenvalue weighted by atomic mass is 79.9. The Kier molecular flexibility index (Phi) is 32.0. The van der Waals surface area contributed by atoms with Gasteiger partial charge in [-0.15, -0.1) is 16.4 Å². The number of aromatic nitrogens is 7. The Morgan fingerprint density at radius 3 is 1.22 bits per heavy atom. The van der Waals surface area contributed by atoms with Gasteiger partial charge in [-0.25, -0.2) is 9.36 Å². The number of carbonyl (C=O) groups excluding carboxylic acids is 5. The lowest BCUT2D eigenvalue weighted by Gasteiger charge is -2.06. The van der Waals surface area contributed by atoms with Gasteiger partial charge in [0.25, 0.3) is 29.5 Å². The van der Waals surface area contributed by atoms with E-state index in [1.807, 2.05) is 286 Å². The summed E-state index contributed by atoms with van der Waals surface area (Å²) >= 11 is 4.89. The molecule has 5 aromatic heterocycles. The summed E-state index contributed by atoms with van der Waals surface area (Å²) in [5.74, 6) is 0.500. The van der Waals surface area contributed by atoms with Gasteiger partial charge in [0, 0.05) is 88.6 Å². The number of thiophene rings is 1. The van der Waals surface area contributed by atoms with E-state index in [0.29, 0.717) is 112 Å². The zero-order valence-electron chi connectivity index (χ0n) is 69.6. The molecule has 0 atom stereocenters. The quantitative estimate of drug-likeness (QED) is 0.0228. The Hall–Kier alpha value is -15.1. The fourth-order valence-electron chi connectivity index (χ4n) is 12.3. The number of nitrogens with zero attached hydrogens (tertiary/aromatic N) is 7. The highest BCUT2D eigenvalue weighted by molar-refractivity contribution is 9.10. The van der Waals surface area contributed by atoms with E-state index in [4.69, 9.17) is 31.5 Å². The van der Waals surface area contributed by atoms with Crippen LogP contribution in [0.15, 0.2) is 319 Å². The minimum Gasteiger partial charge on any atom is -0.461 e. The maximum Gasteiger partial charge on any atom is 0.274 e. The Labute approximate surface area is 732 Å². The normalized spacial score (nSPS) is 10.5. The minimum atomic E-state index is -0.266. The van der Waals surface area contributed by atoms with Crippen LogP contribution in [0.25, 0.3) is 33.1 Å². The maximum atomic E-state index is 12.5. The van der Waals surface area contributed by atoms with Crippen molar-refractivity contribution in [3.63, 3.8) is 0 Å². The number of hydrogen-bond donors (Lipinski definition) is 10. The van der Waals surface area contributed by atoms with Gasteiger partial charge in [0.15, 0.2) is 5.69 Å². The van der Waals surface area contributed by atoms with Gasteiger partial charge < -0.3 is 58.0 Å². The molecule has 15 aromatic rings. The Balaban J connectivity index is 0.000000151. The van der Waals surface area contributed by atoms with Crippen molar-refractivity contribution in [3.8, 4) is 33.1 Å². The zero-order chi connectivity index (χ0) is 88.0. The number of halogens is 1. The molecule has 0 aliphatic heterocycles. The first-order valence-corrected chi connectivity index (χ1v) is 41.3. The summed E-state index contributed by atoms with van der Waals surface area (Å²) in [6.45, 7) is 15.2. The summed E-state index contributed by atoms with van der Waals surface area (Å²) < 4.78 is 11.8. The van der Waals surface area contributed by atoms with Crippen LogP contribution in [0.4, 0.5) is 0 Å². The van der Waals surface area contributed by atoms with Crippen LogP contribution in [-0.2, 0) is 39.3 Å². The first kappa shape index (κ1) is 89.7. The van der Waals surface area contributed by atoms with E-state index in [0.717, 1.165) is 93.0 Å². The number of carbonyl (C=O) groups is 5. The van der Waals surface area contributed by atoms with Crippen molar-refractivity contribution in [2.45, 2.75) is 87.7 Å². The van der Waals surface area contributed by atoms with E-state index in [1.165, 1.54) is 11.3 Å². The molecule has 0 unspecified atom stereocenters. The van der Waals surface area contributed by atoms with Crippen LogP contribution in [0.5, 0.6) is 0 Å². The SMILES string of the molecule is CC(=N)c1ccc(CNC(=O)c2cc(-c3ccccc3)oc2C)cc1.CC(=N)c1ccc(CNC(=O)c2ccc(-c3ccccc3)s2)cc1.CC(=N)c1ccc(CNC(=O)c2cnn(-c3ccccc3)c2)cc1.CC(=N)c1ccc(CNC(=O)c2cnn(Cc3ccccc3)c2)cc1.CC(=N)c1ccc(CNC(=O)c2nnn(-c3ccc(Br)cc3)c2C)cc1. The van der Waals surface area contributed by atoms with Gasteiger partial charge in [-0.2, -0.15) is 10.2 Å². The summed E-state index contributed by atoms with van der Waals surface area (Å²) in [5, 5.41) is 69.1. The summed E-state index contributed by atoms with van der Waals surface area (Å²) in [6, 6.07) is 90.8. The first-order chi connectivity index (χ1) is 59.9. The smallest absolute Gasteiger partial charge is 0.274 e. The van der Waals surface area contributed by atoms with E-state index in [2.05, 4.69) is 63.0 Å². The Bertz CT molecular complexity index is 6020. The summed E-state index contributed by atoms with van der Waals surface area (Å²) in [6.07, 6.45) is 6.61. The van der Waals surface area contributed by atoms with E-state index in [-0.39, 0.29) is 29.5 Å². The van der Waals surface area contributed by atoms with Crippen LogP contribution >= 0.6 is 27.3 Å². The van der Waals surface area contributed by atoms with Crippen LogP contribution in [-0.4, -0.2) is 92.6 Å². The second kappa shape index (κ2) is 44.3. The lowest BCUT2D eigenvalue weighted by Crippen LogP contribution is -2.24. The van der Waals surface area contributed by atoms with E-state index in [1.54, 1.807) is 86.4 Å². The molecule has 0 saturated heterocycles. The molecule has 10 aromatic carbocycles. The van der Waals surface area contributed by atoms with E-state index < -0.39 is 0 Å². The van der Waals surface area contributed by atoms with Gasteiger partial charge in [-0.05, 0) is 170 Å². The van der Waals surface area contributed by atoms with Gasteiger partial charge in [-0.1, -0.05) is 252 Å². The molecule has 0 saturated carbocycles.